The van der Waals surface area contributed by atoms with Gasteiger partial charge in [0.05, 0.1) is 18.0 Å². The molecule has 2 N–H and O–H groups in total. The molecular formula is C14H12N4O3. The second-order valence-electron chi connectivity index (χ2n) is 4.40. The second-order valence-corrected chi connectivity index (χ2v) is 4.40. The van der Waals surface area contributed by atoms with Crippen molar-refractivity contribution >= 4 is 11.9 Å². The van der Waals surface area contributed by atoms with Crippen LogP contribution in [0.25, 0.3) is 0 Å². The third kappa shape index (κ3) is 3.06. The predicted octanol–water partition coefficient (Wildman–Crippen LogP) is 1.25. The van der Waals surface area contributed by atoms with Gasteiger partial charge < -0.3 is 15.0 Å². The lowest BCUT2D eigenvalue weighted by Crippen LogP contribution is -2.28. The predicted molar refractivity (Wildman–Crippen MR) is 72.5 cm³/mol. The van der Waals surface area contributed by atoms with Crippen molar-refractivity contribution in [3.05, 3.63) is 53.1 Å². The summed E-state index contributed by atoms with van der Waals surface area (Å²) >= 11 is 0. The van der Waals surface area contributed by atoms with E-state index in [0.717, 1.165) is 5.56 Å². The third-order valence-electron chi connectivity index (χ3n) is 2.88. The molecule has 7 heteroatoms. The summed E-state index contributed by atoms with van der Waals surface area (Å²) in [6.45, 7) is 0.250. The normalized spacial score (nSPS) is 9.90. The molecule has 0 radical (unpaired) electrons. The first-order valence-corrected chi connectivity index (χ1v) is 6.04. The van der Waals surface area contributed by atoms with Crippen LogP contribution in [0.1, 0.15) is 32.1 Å². The smallest absolute Gasteiger partial charge is 0.354 e. The van der Waals surface area contributed by atoms with Crippen molar-refractivity contribution in [1.29, 1.82) is 5.26 Å². The molecule has 0 unspecified atom stereocenters. The fourth-order valence-corrected chi connectivity index (χ4v) is 1.89. The number of amides is 1. The highest BCUT2D eigenvalue weighted by atomic mass is 16.4. The Morgan fingerprint density at radius 3 is 2.90 bits per heavy atom. The van der Waals surface area contributed by atoms with Crippen LogP contribution in [0, 0.1) is 11.3 Å². The Labute approximate surface area is 120 Å². The number of imidazole rings is 1. The van der Waals surface area contributed by atoms with Crippen molar-refractivity contribution < 1.29 is 14.7 Å². The quantitative estimate of drug-likeness (QED) is 0.878. The number of carboxylic acids is 1. The maximum Gasteiger partial charge on any atom is 0.354 e. The van der Waals surface area contributed by atoms with Crippen LogP contribution in [-0.4, -0.2) is 38.9 Å². The standard InChI is InChI=1S/C14H12N4O3/c1-18(7-10-4-2-3-9(5-10)6-15)13(19)11-12(14(20)21)17-8-16-11/h2-5,8H,7H2,1H3,(H,16,17)(H,20,21). The van der Waals surface area contributed by atoms with Crippen molar-refractivity contribution in [2.24, 2.45) is 0 Å². The molecule has 0 atom stereocenters. The number of carboxylic acid groups (broad SMARTS) is 1. The van der Waals surface area contributed by atoms with Crippen LogP contribution in [0.5, 0.6) is 0 Å². The van der Waals surface area contributed by atoms with Gasteiger partial charge in [0.15, 0.2) is 11.4 Å². The number of aromatic amines is 1. The van der Waals surface area contributed by atoms with Crippen molar-refractivity contribution in [3.8, 4) is 6.07 Å². The largest absolute Gasteiger partial charge is 0.477 e. The van der Waals surface area contributed by atoms with Crippen LogP contribution in [0.15, 0.2) is 30.6 Å². The van der Waals surface area contributed by atoms with E-state index in [-0.39, 0.29) is 17.9 Å². The molecule has 1 heterocycles. The molecule has 21 heavy (non-hydrogen) atoms. The van der Waals surface area contributed by atoms with Crippen LogP contribution < -0.4 is 0 Å². The molecule has 0 bridgehead atoms. The van der Waals surface area contributed by atoms with Crippen LogP contribution in [0.2, 0.25) is 0 Å². The molecule has 2 rings (SSSR count). The molecular weight excluding hydrogens is 272 g/mol. The Bertz CT molecular complexity index is 730. The minimum Gasteiger partial charge on any atom is -0.477 e. The molecule has 1 aromatic heterocycles. The lowest BCUT2D eigenvalue weighted by molar-refractivity contribution is 0.0674. The van der Waals surface area contributed by atoms with Gasteiger partial charge in [-0.3, -0.25) is 4.79 Å². The van der Waals surface area contributed by atoms with E-state index in [1.807, 2.05) is 6.07 Å². The van der Waals surface area contributed by atoms with Gasteiger partial charge in [-0.2, -0.15) is 5.26 Å². The first kappa shape index (κ1) is 14.3. The van der Waals surface area contributed by atoms with Crippen molar-refractivity contribution in [1.82, 2.24) is 14.9 Å². The van der Waals surface area contributed by atoms with Crippen LogP contribution in [0.3, 0.4) is 0 Å². The number of benzene rings is 1. The Hall–Kier alpha value is -3.14. The number of hydrogen-bond donors (Lipinski definition) is 2. The third-order valence-corrected chi connectivity index (χ3v) is 2.88. The monoisotopic (exact) mass is 284 g/mol. The number of rotatable bonds is 4. The summed E-state index contributed by atoms with van der Waals surface area (Å²) in [5.41, 5.74) is 0.899. The number of aromatic carboxylic acids is 1. The highest BCUT2D eigenvalue weighted by Gasteiger charge is 2.22. The first-order valence-electron chi connectivity index (χ1n) is 6.04. The number of H-pyrrole nitrogens is 1. The number of carbonyl (C=O) groups is 2. The lowest BCUT2D eigenvalue weighted by atomic mass is 10.1. The van der Waals surface area contributed by atoms with Crippen molar-refractivity contribution in [3.63, 3.8) is 0 Å². The molecule has 0 aliphatic heterocycles. The van der Waals surface area contributed by atoms with Crippen LogP contribution in [0.4, 0.5) is 0 Å². The SMILES string of the molecule is CN(Cc1cccc(C#N)c1)C(=O)c1nc[nH]c1C(=O)O. The number of nitrogens with one attached hydrogen (secondary N) is 1. The Morgan fingerprint density at radius 2 is 2.24 bits per heavy atom. The van der Waals surface area contributed by atoms with Gasteiger partial charge >= 0.3 is 5.97 Å². The average molecular weight is 284 g/mol. The molecule has 7 nitrogen and oxygen atoms in total. The van der Waals surface area contributed by atoms with Crippen LogP contribution in [-0.2, 0) is 6.54 Å². The number of carbonyl (C=O) groups excluding carboxylic acids is 1. The Balaban J connectivity index is 2.18. The van der Waals surface area contributed by atoms with E-state index in [4.69, 9.17) is 10.4 Å². The maximum absolute atomic E-state index is 12.2. The van der Waals surface area contributed by atoms with Crippen LogP contribution >= 0.6 is 0 Å². The number of nitrogens with zero attached hydrogens (tertiary/aromatic N) is 3. The summed E-state index contributed by atoms with van der Waals surface area (Å²) in [5, 5.41) is 17.8. The summed E-state index contributed by atoms with van der Waals surface area (Å²) in [4.78, 5) is 30.7. The van der Waals surface area contributed by atoms with Crippen molar-refractivity contribution in [2.45, 2.75) is 6.54 Å². The summed E-state index contributed by atoms with van der Waals surface area (Å²) in [5.74, 6) is -1.74. The van der Waals surface area contributed by atoms with E-state index in [9.17, 15) is 9.59 Å². The molecule has 0 fully saturated rings. The van der Waals surface area contributed by atoms with E-state index in [0.29, 0.717) is 5.56 Å². The number of nitriles is 1. The van der Waals surface area contributed by atoms with Gasteiger partial charge in [-0.25, -0.2) is 9.78 Å². The second kappa shape index (κ2) is 5.88. The maximum atomic E-state index is 12.2. The number of hydrogen-bond acceptors (Lipinski definition) is 4. The van der Waals surface area contributed by atoms with Gasteiger partial charge in [-0.15, -0.1) is 0 Å². The van der Waals surface area contributed by atoms with Gasteiger partial charge in [0.2, 0.25) is 0 Å². The van der Waals surface area contributed by atoms with Gasteiger partial charge in [-0.1, -0.05) is 12.1 Å². The molecule has 0 aliphatic rings. The van der Waals surface area contributed by atoms with Gasteiger partial charge in [0, 0.05) is 13.6 Å². The van der Waals surface area contributed by atoms with Gasteiger partial charge in [0.1, 0.15) is 0 Å². The zero-order valence-electron chi connectivity index (χ0n) is 11.2. The average Bonchev–Trinajstić information content (AvgIpc) is 2.96. The van der Waals surface area contributed by atoms with E-state index in [2.05, 4.69) is 9.97 Å². The fourth-order valence-electron chi connectivity index (χ4n) is 1.89. The zero-order chi connectivity index (χ0) is 15.4. The molecule has 0 saturated heterocycles. The fraction of sp³-hybridized carbons (Fsp3) is 0.143. The van der Waals surface area contributed by atoms with E-state index < -0.39 is 11.9 Å². The molecule has 0 spiro atoms. The highest BCUT2D eigenvalue weighted by Crippen LogP contribution is 2.11. The topological polar surface area (TPSA) is 110 Å². The molecule has 2 aromatic rings. The first-order chi connectivity index (χ1) is 10.0. The summed E-state index contributed by atoms with van der Waals surface area (Å²) in [6.07, 6.45) is 1.17. The van der Waals surface area contributed by atoms with Gasteiger partial charge in [0.25, 0.3) is 5.91 Å². The zero-order valence-corrected chi connectivity index (χ0v) is 11.2. The highest BCUT2D eigenvalue weighted by molar-refractivity contribution is 6.02. The minimum atomic E-state index is -1.24. The summed E-state index contributed by atoms with van der Waals surface area (Å²) in [6, 6.07) is 8.87. The summed E-state index contributed by atoms with van der Waals surface area (Å²) in [7, 11) is 1.54. The van der Waals surface area contributed by atoms with Crippen molar-refractivity contribution in [2.75, 3.05) is 7.05 Å². The molecule has 106 valence electrons. The molecule has 1 aromatic carbocycles. The molecule has 1 amide bonds. The molecule has 0 saturated carbocycles. The van der Waals surface area contributed by atoms with E-state index in [1.54, 1.807) is 31.3 Å². The van der Waals surface area contributed by atoms with E-state index in [1.165, 1.54) is 11.2 Å². The number of aromatic nitrogens is 2. The minimum absolute atomic E-state index is 0.138. The molecule has 0 aliphatic carbocycles. The summed E-state index contributed by atoms with van der Waals surface area (Å²) < 4.78 is 0. The Kier molecular flexibility index (Phi) is 4.00. The van der Waals surface area contributed by atoms with E-state index >= 15 is 0 Å². The van der Waals surface area contributed by atoms with Gasteiger partial charge in [-0.05, 0) is 17.7 Å². The Morgan fingerprint density at radius 1 is 1.48 bits per heavy atom. The lowest BCUT2D eigenvalue weighted by Gasteiger charge is -2.16.